The molecule has 2 aliphatic heterocycles. The van der Waals surface area contributed by atoms with Gasteiger partial charge in [0, 0.05) is 0 Å². The third kappa shape index (κ3) is 2.69. The smallest absolute Gasteiger partial charge is 0.0805 e. The predicted octanol–water partition coefficient (Wildman–Crippen LogP) is 5.26. The van der Waals surface area contributed by atoms with Gasteiger partial charge in [0.05, 0.1) is 0 Å². The van der Waals surface area contributed by atoms with Gasteiger partial charge in [-0.1, -0.05) is 86.7 Å². The monoisotopic (exact) mass is 228 g/mol. The summed E-state index contributed by atoms with van der Waals surface area (Å²) in [5, 5.41) is 0. The van der Waals surface area contributed by atoms with E-state index in [1.807, 2.05) is 0 Å². The molecule has 3 rings (SSSR count). The van der Waals surface area contributed by atoms with Gasteiger partial charge in [-0.2, -0.15) is 0 Å². The maximum atomic E-state index is 2.34. The highest BCUT2D eigenvalue weighted by Gasteiger charge is 2.38. The van der Waals surface area contributed by atoms with Crippen molar-refractivity contribution in [2.24, 2.45) is 0 Å². The van der Waals surface area contributed by atoms with Gasteiger partial charge in [-0.05, 0) is 12.8 Å². The molecular weight excluding hydrogens is 203 g/mol. The number of allylic oxidation sites excluding steroid dienone is 4. The van der Waals surface area contributed by atoms with Crippen LogP contribution in [0.3, 0.4) is 0 Å². The van der Waals surface area contributed by atoms with Crippen LogP contribution in [0.1, 0.15) is 57.8 Å². The quantitative estimate of drug-likeness (QED) is 0.576. The third-order valence-electron chi connectivity index (χ3n) is 5.39. The number of hydrogen-bond acceptors (Lipinski definition) is 0. The molecule has 1 heteroatoms. The molecule has 92 valence electrons. The summed E-state index contributed by atoms with van der Waals surface area (Å²) >= 11 is 0. The van der Waals surface area contributed by atoms with E-state index < -0.39 is 0 Å². The van der Waals surface area contributed by atoms with Crippen molar-refractivity contribution >= 4 is 6.71 Å². The maximum Gasteiger partial charge on any atom is 0.146 e. The van der Waals surface area contributed by atoms with Gasteiger partial charge in [-0.3, -0.25) is 0 Å². The van der Waals surface area contributed by atoms with Crippen molar-refractivity contribution in [1.82, 2.24) is 0 Å². The van der Waals surface area contributed by atoms with E-state index in [1.54, 1.807) is 31.3 Å². The molecule has 0 nitrogen and oxygen atoms in total. The molecule has 2 heterocycles. The lowest BCUT2D eigenvalue weighted by Crippen LogP contribution is -2.34. The van der Waals surface area contributed by atoms with Crippen molar-refractivity contribution in [3.8, 4) is 0 Å². The number of fused-ring (bicyclic) bond motifs is 2. The second kappa shape index (κ2) is 5.46. The fourth-order valence-corrected chi connectivity index (χ4v) is 4.53. The third-order valence-corrected chi connectivity index (χ3v) is 5.39. The van der Waals surface area contributed by atoms with E-state index in [4.69, 9.17) is 0 Å². The largest absolute Gasteiger partial charge is 0.146 e. The first kappa shape index (κ1) is 11.6. The highest BCUT2D eigenvalue weighted by molar-refractivity contribution is 6.62. The molecule has 0 amide bonds. The minimum Gasteiger partial charge on any atom is -0.0805 e. The van der Waals surface area contributed by atoms with Crippen LogP contribution >= 0.6 is 0 Å². The standard InChI is InChI=1S/C16H25B/c1-2-7-14(6-1)8-5-13-17-15-9-3-10-16(17)12-4-11-15/h1-2,6,15-16H,3-5,7-13H2. The summed E-state index contributed by atoms with van der Waals surface area (Å²) in [7, 11) is 0. The molecule has 2 fully saturated rings. The van der Waals surface area contributed by atoms with Gasteiger partial charge in [-0.25, -0.2) is 0 Å². The summed E-state index contributed by atoms with van der Waals surface area (Å²) in [4.78, 5) is 0. The van der Waals surface area contributed by atoms with Gasteiger partial charge in [0.15, 0.2) is 0 Å². The van der Waals surface area contributed by atoms with Crippen LogP contribution in [0.5, 0.6) is 0 Å². The van der Waals surface area contributed by atoms with E-state index in [0.717, 1.165) is 18.3 Å². The van der Waals surface area contributed by atoms with Gasteiger partial charge in [0.25, 0.3) is 0 Å². The highest BCUT2D eigenvalue weighted by atomic mass is 14.2. The molecular formula is C16H25B. The zero-order valence-electron chi connectivity index (χ0n) is 11.0. The number of rotatable bonds is 4. The summed E-state index contributed by atoms with van der Waals surface area (Å²) < 4.78 is 0. The van der Waals surface area contributed by atoms with E-state index in [0.29, 0.717) is 0 Å². The Morgan fingerprint density at radius 1 is 1.06 bits per heavy atom. The van der Waals surface area contributed by atoms with Crippen molar-refractivity contribution in [3.63, 3.8) is 0 Å². The SMILES string of the molecule is C1=CCC(CCCB2C3CCCC2CCC3)=C1. The minimum atomic E-state index is 1.10. The molecule has 3 aliphatic rings. The normalized spacial score (nSPS) is 31.8. The second-order valence-corrected chi connectivity index (χ2v) is 6.40. The lowest BCUT2D eigenvalue weighted by atomic mass is 9.26. The highest BCUT2D eigenvalue weighted by Crippen LogP contribution is 2.48. The first-order chi connectivity index (χ1) is 8.43. The Morgan fingerprint density at radius 3 is 2.35 bits per heavy atom. The molecule has 2 bridgehead atoms. The summed E-state index contributed by atoms with van der Waals surface area (Å²) in [5.74, 6) is 2.22. The maximum absolute atomic E-state index is 2.34. The second-order valence-electron chi connectivity index (χ2n) is 6.40. The van der Waals surface area contributed by atoms with E-state index in [9.17, 15) is 0 Å². The van der Waals surface area contributed by atoms with Crippen LogP contribution in [0.2, 0.25) is 18.0 Å². The molecule has 0 aromatic carbocycles. The summed E-state index contributed by atoms with van der Waals surface area (Å²) in [6.45, 7) is 1.10. The first-order valence-electron chi connectivity index (χ1n) is 7.78. The van der Waals surface area contributed by atoms with Crippen LogP contribution in [-0.4, -0.2) is 6.71 Å². The van der Waals surface area contributed by atoms with E-state index >= 15 is 0 Å². The Hall–Kier alpha value is -0.455. The van der Waals surface area contributed by atoms with Crippen molar-refractivity contribution in [2.45, 2.75) is 75.7 Å². The van der Waals surface area contributed by atoms with E-state index in [1.165, 1.54) is 38.4 Å². The van der Waals surface area contributed by atoms with Crippen LogP contribution in [0, 0.1) is 0 Å². The Morgan fingerprint density at radius 2 is 1.76 bits per heavy atom. The molecule has 0 aromatic rings. The van der Waals surface area contributed by atoms with Crippen molar-refractivity contribution in [1.29, 1.82) is 0 Å². The topological polar surface area (TPSA) is 0 Å². The molecule has 0 aromatic heterocycles. The van der Waals surface area contributed by atoms with Crippen LogP contribution < -0.4 is 0 Å². The molecule has 0 spiro atoms. The lowest BCUT2D eigenvalue weighted by molar-refractivity contribution is 0.440. The van der Waals surface area contributed by atoms with Crippen LogP contribution in [0.4, 0.5) is 0 Å². The van der Waals surface area contributed by atoms with E-state index in [2.05, 4.69) is 18.2 Å². The molecule has 0 radical (unpaired) electrons. The zero-order valence-corrected chi connectivity index (χ0v) is 11.0. The first-order valence-corrected chi connectivity index (χ1v) is 7.78. The van der Waals surface area contributed by atoms with Gasteiger partial charge >= 0.3 is 0 Å². The van der Waals surface area contributed by atoms with Crippen LogP contribution in [-0.2, 0) is 0 Å². The lowest BCUT2D eigenvalue weighted by Gasteiger charge is -2.40. The van der Waals surface area contributed by atoms with Gasteiger partial charge in [-0.15, -0.1) is 0 Å². The Balaban J connectivity index is 1.47. The van der Waals surface area contributed by atoms with Gasteiger partial charge < -0.3 is 0 Å². The average molecular weight is 228 g/mol. The molecule has 0 saturated carbocycles. The van der Waals surface area contributed by atoms with Crippen LogP contribution in [0.15, 0.2) is 23.8 Å². The Bertz CT molecular complexity index is 293. The molecule has 0 N–H and O–H groups in total. The molecule has 0 atom stereocenters. The van der Waals surface area contributed by atoms with E-state index in [-0.39, 0.29) is 0 Å². The molecule has 2 saturated heterocycles. The summed E-state index contributed by atoms with van der Waals surface area (Å²) in [6.07, 6.45) is 21.7. The Kier molecular flexibility index (Phi) is 3.73. The summed E-state index contributed by atoms with van der Waals surface area (Å²) in [6, 6.07) is 0. The fourth-order valence-electron chi connectivity index (χ4n) is 4.53. The number of hydrogen-bond donors (Lipinski definition) is 0. The average Bonchev–Trinajstić information content (AvgIpc) is 2.81. The fraction of sp³-hybridized carbons (Fsp3) is 0.750. The molecule has 1 aliphatic carbocycles. The Labute approximate surface area is 107 Å². The van der Waals surface area contributed by atoms with Crippen molar-refractivity contribution in [3.05, 3.63) is 23.8 Å². The van der Waals surface area contributed by atoms with Crippen molar-refractivity contribution in [2.75, 3.05) is 0 Å². The zero-order chi connectivity index (χ0) is 11.5. The van der Waals surface area contributed by atoms with Gasteiger partial charge in [0.2, 0.25) is 0 Å². The summed E-state index contributed by atoms with van der Waals surface area (Å²) in [5.41, 5.74) is 1.67. The van der Waals surface area contributed by atoms with Crippen LogP contribution in [0.25, 0.3) is 0 Å². The minimum absolute atomic E-state index is 1.10. The van der Waals surface area contributed by atoms with Gasteiger partial charge in [0.1, 0.15) is 6.71 Å². The molecule has 17 heavy (non-hydrogen) atoms. The van der Waals surface area contributed by atoms with Crippen molar-refractivity contribution < 1.29 is 0 Å². The molecule has 0 unspecified atom stereocenters. The predicted molar refractivity (Wildman–Crippen MR) is 76.8 cm³/mol.